The predicted octanol–water partition coefficient (Wildman–Crippen LogP) is 5.37. The first-order valence-corrected chi connectivity index (χ1v) is 11.3. The number of halogens is 2. The number of benzene rings is 2. The number of nitrogens with zero attached hydrogens (tertiary/aromatic N) is 5. The zero-order valence-corrected chi connectivity index (χ0v) is 19.0. The molecule has 10 heteroatoms. The highest BCUT2D eigenvalue weighted by Gasteiger charge is 2.39. The largest absolute Gasteiger partial charge is 0.437 e. The lowest BCUT2D eigenvalue weighted by molar-refractivity contribution is 0.420. The second kappa shape index (κ2) is 7.69. The first-order chi connectivity index (χ1) is 17.6. The number of hydrogen-bond donors (Lipinski definition) is 0. The number of rotatable bonds is 2. The van der Waals surface area contributed by atoms with Crippen molar-refractivity contribution in [2.75, 3.05) is 0 Å². The Bertz CT molecular complexity index is 1870. The second-order valence-corrected chi connectivity index (χ2v) is 8.61. The maximum Gasteiger partial charge on any atom is 0.344 e. The quantitative estimate of drug-likeness (QED) is 0.296. The van der Waals surface area contributed by atoms with Gasteiger partial charge < -0.3 is 9.15 Å². The van der Waals surface area contributed by atoms with E-state index in [9.17, 15) is 4.79 Å². The molecular weight excluding hydrogens is 485 g/mol. The van der Waals surface area contributed by atoms with Crippen LogP contribution in [0.5, 0.6) is 11.6 Å². The predicted molar refractivity (Wildman–Crippen MR) is 129 cm³/mol. The van der Waals surface area contributed by atoms with Gasteiger partial charge in [0.1, 0.15) is 17.7 Å². The molecule has 8 nitrogen and oxygen atoms in total. The van der Waals surface area contributed by atoms with Gasteiger partial charge >= 0.3 is 5.63 Å². The lowest BCUT2D eigenvalue weighted by Gasteiger charge is -2.28. The van der Waals surface area contributed by atoms with E-state index in [0.717, 1.165) is 0 Å². The molecule has 0 saturated carbocycles. The summed E-state index contributed by atoms with van der Waals surface area (Å²) in [5.74, 6) is -0.816. The van der Waals surface area contributed by atoms with Crippen molar-refractivity contribution in [2.45, 2.75) is 5.92 Å². The number of ether oxygens (including phenoxy) is 1. The summed E-state index contributed by atoms with van der Waals surface area (Å²) in [6.45, 7) is 0. The van der Waals surface area contributed by atoms with Gasteiger partial charge in [-0.25, -0.2) is 23.7 Å². The van der Waals surface area contributed by atoms with Gasteiger partial charge in [0.2, 0.25) is 5.88 Å². The van der Waals surface area contributed by atoms with E-state index in [-0.39, 0.29) is 27.8 Å². The van der Waals surface area contributed by atoms with Crippen molar-refractivity contribution < 1.29 is 13.5 Å². The van der Waals surface area contributed by atoms with Gasteiger partial charge in [0, 0.05) is 28.5 Å². The summed E-state index contributed by atoms with van der Waals surface area (Å²) in [4.78, 5) is 26.6. The Labute approximate surface area is 206 Å². The molecule has 0 aliphatic carbocycles. The summed E-state index contributed by atoms with van der Waals surface area (Å²) >= 11 is 6.53. The number of fused-ring (bicyclic) bond motifs is 6. The van der Waals surface area contributed by atoms with Gasteiger partial charge in [-0.3, -0.25) is 4.98 Å². The van der Waals surface area contributed by atoms with Crippen molar-refractivity contribution in [1.82, 2.24) is 24.6 Å². The second-order valence-electron chi connectivity index (χ2n) is 8.21. The smallest absolute Gasteiger partial charge is 0.344 e. The maximum absolute atomic E-state index is 15.4. The fourth-order valence-corrected chi connectivity index (χ4v) is 4.89. The molecule has 4 aromatic heterocycles. The first kappa shape index (κ1) is 20.7. The fourth-order valence-electron chi connectivity index (χ4n) is 4.62. The van der Waals surface area contributed by atoms with Crippen LogP contribution in [0.25, 0.3) is 28.0 Å². The Morgan fingerprint density at radius 1 is 1.00 bits per heavy atom. The van der Waals surface area contributed by atoms with Crippen LogP contribution < -0.4 is 10.4 Å². The van der Waals surface area contributed by atoms with E-state index in [4.69, 9.17) is 20.8 Å². The van der Waals surface area contributed by atoms with Crippen LogP contribution in [-0.4, -0.2) is 24.6 Å². The van der Waals surface area contributed by atoms with E-state index in [1.54, 1.807) is 48.8 Å². The third-order valence-corrected chi connectivity index (χ3v) is 6.50. The minimum atomic E-state index is -1.01. The molecule has 1 aliphatic rings. The van der Waals surface area contributed by atoms with Crippen LogP contribution >= 0.6 is 11.6 Å². The fraction of sp³-hybridized carbons (Fsp3) is 0.0385. The summed E-state index contributed by atoms with van der Waals surface area (Å²) in [5.41, 5.74) is 1.22. The first-order valence-electron chi connectivity index (χ1n) is 10.9. The number of para-hydroxylation sites is 1. The average molecular weight is 498 g/mol. The van der Waals surface area contributed by atoms with E-state index >= 15 is 4.39 Å². The number of aromatic nitrogens is 5. The van der Waals surface area contributed by atoms with E-state index in [1.165, 1.54) is 23.0 Å². The van der Waals surface area contributed by atoms with E-state index in [1.807, 2.05) is 6.07 Å². The highest BCUT2D eigenvalue weighted by atomic mass is 35.5. The van der Waals surface area contributed by atoms with Gasteiger partial charge in [-0.2, -0.15) is 0 Å². The maximum atomic E-state index is 15.4. The van der Waals surface area contributed by atoms with Gasteiger partial charge in [-0.15, -0.1) is 5.10 Å². The summed E-state index contributed by atoms with van der Waals surface area (Å²) in [6, 6.07) is 14.9. The SMILES string of the molecule is O=c1oc2ccccc2c2c1C(c1c(F)cccc1Cl)c1c(ncn3nc(-c4cccnc4)nc13)O2. The summed E-state index contributed by atoms with van der Waals surface area (Å²) in [7, 11) is 0. The molecule has 0 amide bonds. The Balaban J connectivity index is 1.60. The molecule has 1 aliphatic heterocycles. The van der Waals surface area contributed by atoms with Gasteiger partial charge in [-0.1, -0.05) is 29.8 Å². The van der Waals surface area contributed by atoms with E-state index in [2.05, 4.69) is 20.1 Å². The molecule has 0 bridgehead atoms. The van der Waals surface area contributed by atoms with Crippen molar-refractivity contribution in [3.63, 3.8) is 0 Å². The topological polar surface area (TPSA) is 95.4 Å². The molecule has 0 saturated heterocycles. The zero-order valence-electron chi connectivity index (χ0n) is 18.2. The van der Waals surface area contributed by atoms with Crippen molar-refractivity contribution in [2.24, 2.45) is 0 Å². The van der Waals surface area contributed by atoms with Crippen molar-refractivity contribution >= 4 is 28.2 Å². The molecule has 5 heterocycles. The van der Waals surface area contributed by atoms with Gasteiger partial charge in [0.05, 0.1) is 22.4 Å². The third kappa shape index (κ3) is 2.96. The molecule has 36 heavy (non-hydrogen) atoms. The number of hydrogen-bond acceptors (Lipinski definition) is 7. The van der Waals surface area contributed by atoms with Crippen molar-refractivity contribution in [3.8, 4) is 23.0 Å². The normalized spacial score (nSPS) is 14.4. The van der Waals surface area contributed by atoms with Crippen LogP contribution in [0.1, 0.15) is 22.6 Å². The molecule has 6 aromatic rings. The molecule has 174 valence electrons. The molecule has 0 spiro atoms. The summed E-state index contributed by atoms with van der Waals surface area (Å²) in [6.07, 6.45) is 4.74. The van der Waals surface area contributed by atoms with Gasteiger partial charge in [-0.05, 0) is 36.4 Å². The third-order valence-electron chi connectivity index (χ3n) is 6.17. The van der Waals surface area contributed by atoms with Gasteiger partial charge in [0.25, 0.3) is 0 Å². The van der Waals surface area contributed by atoms with Crippen LogP contribution in [0.4, 0.5) is 4.39 Å². The average Bonchev–Trinajstić information content (AvgIpc) is 3.33. The lowest BCUT2D eigenvalue weighted by atomic mass is 9.83. The molecule has 7 rings (SSSR count). The minimum absolute atomic E-state index is 0.0911. The molecule has 2 aromatic carbocycles. The Morgan fingerprint density at radius 2 is 1.89 bits per heavy atom. The molecule has 0 fully saturated rings. The summed E-state index contributed by atoms with van der Waals surface area (Å²) < 4.78 is 28.7. The van der Waals surface area contributed by atoms with Crippen LogP contribution in [0, 0.1) is 5.82 Å². The monoisotopic (exact) mass is 497 g/mol. The molecule has 0 radical (unpaired) electrons. The Kier molecular flexibility index (Phi) is 4.43. The highest BCUT2D eigenvalue weighted by molar-refractivity contribution is 6.31. The van der Waals surface area contributed by atoms with Crippen LogP contribution in [0.2, 0.25) is 5.02 Å². The molecule has 1 unspecified atom stereocenters. The van der Waals surface area contributed by atoms with E-state index < -0.39 is 17.4 Å². The van der Waals surface area contributed by atoms with Crippen LogP contribution in [-0.2, 0) is 0 Å². The van der Waals surface area contributed by atoms with Crippen LogP contribution in [0.3, 0.4) is 0 Å². The molecule has 1 atom stereocenters. The summed E-state index contributed by atoms with van der Waals surface area (Å²) in [5, 5.41) is 5.20. The van der Waals surface area contributed by atoms with Gasteiger partial charge in [0.15, 0.2) is 17.2 Å². The highest BCUT2D eigenvalue weighted by Crippen LogP contribution is 2.50. The standard InChI is InChI=1S/C26H13ClFN5O3/c27-15-7-3-8-16(28)18(15)19-20-22(14-6-1-2-9-17(14)35-26(20)34)36-25-21(19)24-31-23(32-33(24)12-30-25)13-5-4-10-29-11-13/h1-12,19H. The molecular formula is C26H13ClFN5O3. The Morgan fingerprint density at radius 3 is 2.72 bits per heavy atom. The molecule has 0 N–H and O–H groups in total. The van der Waals surface area contributed by atoms with Crippen molar-refractivity contribution in [1.29, 1.82) is 0 Å². The Hall–Kier alpha value is -4.63. The minimum Gasteiger partial charge on any atom is -0.437 e. The van der Waals surface area contributed by atoms with Crippen molar-refractivity contribution in [3.05, 3.63) is 111 Å². The zero-order chi connectivity index (χ0) is 24.4. The lowest BCUT2D eigenvalue weighted by Crippen LogP contribution is -2.23. The van der Waals surface area contributed by atoms with Crippen LogP contribution in [0.15, 0.2) is 82.5 Å². The van der Waals surface area contributed by atoms with E-state index in [0.29, 0.717) is 33.6 Å². The number of pyridine rings is 1.